The third-order valence-electron chi connectivity index (χ3n) is 8.69. The number of carbonyl (C=O) groups is 5. The number of nitrogens with one attached hydrogen (secondary N) is 2. The van der Waals surface area contributed by atoms with E-state index in [-0.39, 0.29) is 31.1 Å². The summed E-state index contributed by atoms with van der Waals surface area (Å²) in [6, 6.07) is -1.43. The molecular formula is C29H45N3O21. The second kappa shape index (κ2) is 19.0. The highest BCUT2D eigenvalue weighted by molar-refractivity contribution is 6.02. The number of amides is 4. The van der Waals surface area contributed by atoms with Crippen LogP contribution in [0.5, 0.6) is 0 Å². The minimum atomic E-state index is -2.00. The zero-order chi connectivity index (χ0) is 39.1. The minimum Gasteiger partial charge on any atom is -0.394 e. The second-order valence-corrected chi connectivity index (χ2v) is 12.5. The summed E-state index contributed by atoms with van der Waals surface area (Å²) < 4.78 is 33.4. The van der Waals surface area contributed by atoms with E-state index in [1.807, 2.05) is 0 Å². The van der Waals surface area contributed by atoms with Gasteiger partial charge in [-0.2, -0.15) is 0 Å². The Morgan fingerprint density at radius 2 is 1.26 bits per heavy atom. The summed E-state index contributed by atoms with van der Waals surface area (Å²) >= 11 is 0. The van der Waals surface area contributed by atoms with Gasteiger partial charge in [0, 0.05) is 26.3 Å². The second-order valence-electron chi connectivity index (χ2n) is 12.5. The van der Waals surface area contributed by atoms with Crippen molar-refractivity contribution in [2.45, 2.75) is 118 Å². The van der Waals surface area contributed by atoms with Crippen LogP contribution in [0.15, 0.2) is 0 Å². The molecule has 4 saturated heterocycles. The third-order valence-corrected chi connectivity index (χ3v) is 8.69. The van der Waals surface area contributed by atoms with Crippen molar-refractivity contribution in [3.8, 4) is 0 Å². The van der Waals surface area contributed by atoms with Gasteiger partial charge in [-0.25, -0.2) is 4.79 Å². The molecule has 0 bridgehead atoms. The van der Waals surface area contributed by atoms with E-state index < -0.39 is 148 Å². The molecule has 11 N–H and O–H groups in total. The normalized spacial score (nSPS) is 39.1. The molecule has 24 nitrogen and oxygen atoms in total. The first-order chi connectivity index (χ1) is 25.1. The fourth-order valence-corrected chi connectivity index (χ4v) is 5.93. The van der Waals surface area contributed by atoms with Crippen molar-refractivity contribution in [2.24, 2.45) is 0 Å². The Balaban J connectivity index is 1.38. The van der Waals surface area contributed by atoms with Crippen molar-refractivity contribution >= 4 is 29.6 Å². The Morgan fingerprint density at radius 3 is 1.85 bits per heavy atom. The fourth-order valence-electron chi connectivity index (χ4n) is 5.93. The molecule has 4 aliphatic rings. The first-order valence-electron chi connectivity index (χ1n) is 16.5. The maximum absolute atomic E-state index is 12.2. The number of aliphatic hydroxyl groups excluding tert-OH is 9. The first-order valence-corrected chi connectivity index (χ1v) is 16.5. The largest absolute Gasteiger partial charge is 0.394 e. The van der Waals surface area contributed by atoms with Crippen molar-refractivity contribution in [3.05, 3.63) is 0 Å². The fraction of sp³-hybridized carbons (Fsp3) is 0.828. The quantitative estimate of drug-likeness (QED) is 0.0418. The lowest BCUT2D eigenvalue weighted by molar-refractivity contribution is -0.375. The molecule has 4 amide bonds. The topological polar surface area (TPSA) is 359 Å². The maximum Gasteiger partial charge on any atom is 0.342 e. The van der Waals surface area contributed by atoms with Crippen LogP contribution in [0.1, 0.15) is 26.2 Å². The predicted molar refractivity (Wildman–Crippen MR) is 161 cm³/mol. The third kappa shape index (κ3) is 10.2. The van der Waals surface area contributed by atoms with Gasteiger partial charge in [0.25, 0.3) is 11.8 Å². The average molecular weight is 772 g/mol. The molecule has 0 aromatic heterocycles. The standard InChI is InChI=1S/C29H45N3O21/c1-10(36)31-18-21(43)25(13(9-35)50-27(18)47-5-4-30-14(37)6-17(40)53-32-15(38)2-3-16(32)39)51-29-24(46)26(20(42)12(8-34)49-29)52-28-23(45)22(44)19(41)11(7-33)48-28/h11-13,18-29,33-35,41-46H,2-9H2,1H3,(H,30,37)(H,31,36)/t11?,12?,13?,18?,19-,20-,21+,22-,23?,24?,25+,26-,27+,28-,29-/m0/s1. The summed E-state index contributed by atoms with van der Waals surface area (Å²) in [5.74, 6) is -4.18. The van der Waals surface area contributed by atoms with Gasteiger partial charge in [-0.05, 0) is 0 Å². The smallest absolute Gasteiger partial charge is 0.342 e. The molecule has 0 spiro atoms. The van der Waals surface area contributed by atoms with Gasteiger partial charge in [0.15, 0.2) is 18.9 Å². The highest BCUT2D eigenvalue weighted by atomic mass is 16.8. The highest BCUT2D eigenvalue weighted by Gasteiger charge is 2.54. The Bertz CT molecular complexity index is 1280. The monoisotopic (exact) mass is 771 g/mol. The van der Waals surface area contributed by atoms with E-state index in [0.29, 0.717) is 0 Å². The van der Waals surface area contributed by atoms with Crippen LogP contribution in [0.25, 0.3) is 0 Å². The molecule has 302 valence electrons. The van der Waals surface area contributed by atoms with Gasteiger partial charge < -0.3 is 89.9 Å². The number of hydrogen-bond acceptors (Lipinski definition) is 21. The van der Waals surface area contributed by atoms with E-state index in [2.05, 4.69) is 15.5 Å². The van der Waals surface area contributed by atoms with E-state index in [9.17, 15) is 69.9 Å². The predicted octanol–water partition coefficient (Wildman–Crippen LogP) is -8.29. The Hall–Kier alpha value is -3.05. The molecule has 6 unspecified atom stereocenters. The van der Waals surface area contributed by atoms with Crippen LogP contribution in [0.3, 0.4) is 0 Å². The van der Waals surface area contributed by atoms with Crippen molar-refractivity contribution in [3.63, 3.8) is 0 Å². The zero-order valence-electron chi connectivity index (χ0n) is 28.2. The van der Waals surface area contributed by atoms with Gasteiger partial charge >= 0.3 is 5.97 Å². The number of nitrogens with zero attached hydrogens (tertiary/aromatic N) is 1. The van der Waals surface area contributed by atoms with E-state index in [4.69, 9.17) is 28.4 Å². The molecule has 0 saturated carbocycles. The molecule has 0 aromatic rings. The summed E-state index contributed by atoms with van der Waals surface area (Å²) in [6.45, 7) is -2.05. The first kappa shape index (κ1) is 42.7. The lowest BCUT2D eigenvalue weighted by Crippen LogP contribution is -2.68. The van der Waals surface area contributed by atoms with Crippen molar-refractivity contribution in [2.75, 3.05) is 33.0 Å². The number of aliphatic hydroxyl groups is 9. The molecule has 4 fully saturated rings. The molecule has 0 aromatic carbocycles. The van der Waals surface area contributed by atoms with Crippen molar-refractivity contribution in [1.29, 1.82) is 0 Å². The Kier molecular flexibility index (Phi) is 15.3. The van der Waals surface area contributed by atoms with Gasteiger partial charge in [0.05, 0.1) is 26.4 Å². The average Bonchev–Trinajstić information content (AvgIpc) is 3.43. The molecule has 4 heterocycles. The summed E-state index contributed by atoms with van der Waals surface area (Å²) in [5, 5.41) is 98.4. The number of hydrogen-bond donors (Lipinski definition) is 11. The molecule has 24 heteroatoms. The Labute approximate surface area is 299 Å². The molecule has 0 radical (unpaired) electrons. The molecule has 4 rings (SSSR count). The van der Waals surface area contributed by atoms with Crippen LogP contribution < -0.4 is 10.6 Å². The number of imide groups is 1. The van der Waals surface area contributed by atoms with Gasteiger partial charge in [0.1, 0.15) is 79.6 Å². The maximum atomic E-state index is 12.2. The van der Waals surface area contributed by atoms with E-state index in [0.717, 1.165) is 6.92 Å². The van der Waals surface area contributed by atoms with Gasteiger partial charge in [-0.15, -0.1) is 5.06 Å². The molecule has 53 heavy (non-hydrogen) atoms. The number of rotatable bonds is 15. The SMILES string of the molecule is CC(=O)NC1[C@H](OCCNC(=O)CC(=O)ON2C(=O)CCC2=O)OC(CO)[C@@H](O[C@@H]2OC(CO)[C@H](O)[C@H](O[C@@H]3OC(CO)[C@H](O)[C@H](O)C3O)C2O)[C@@H]1O. The summed E-state index contributed by atoms with van der Waals surface area (Å²) in [5.41, 5.74) is 0. The van der Waals surface area contributed by atoms with Crippen LogP contribution >= 0.6 is 0 Å². The highest BCUT2D eigenvalue weighted by Crippen LogP contribution is 2.33. The lowest BCUT2D eigenvalue weighted by atomic mass is 9.95. The van der Waals surface area contributed by atoms with Crippen molar-refractivity contribution in [1.82, 2.24) is 15.7 Å². The van der Waals surface area contributed by atoms with E-state index >= 15 is 0 Å². The van der Waals surface area contributed by atoms with Gasteiger partial charge in [0.2, 0.25) is 11.8 Å². The van der Waals surface area contributed by atoms with Gasteiger partial charge in [-0.1, -0.05) is 0 Å². The number of hydroxylamine groups is 2. The van der Waals surface area contributed by atoms with Gasteiger partial charge in [-0.3, -0.25) is 19.2 Å². The molecule has 0 aliphatic carbocycles. The summed E-state index contributed by atoms with van der Waals surface area (Å²) in [6.07, 6.45) is -25.3. The Morgan fingerprint density at radius 1 is 0.717 bits per heavy atom. The molecule has 4 aliphatic heterocycles. The summed E-state index contributed by atoms with van der Waals surface area (Å²) in [4.78, 5) is 64.0. The van der Waals surface area contributed by atoms with Crippen LogP contribution in [-0.2, 0) is 57.2 Å². The molecule has 15 atom stereocenters. The number of carbonyl (C=O) groups excluding carboxylic acids is 5. The van der Waals surface area contributed by atoms with Crippen LogP contribution in [-0.4, -0.2) is 206 Å². The minimum absolute atomic E-state index is 0.133. The summed E-state index contributed by atoms with van der Waals surface area (Å²) in [7, 11) is 0. The van der Waals surface area contributed by atoms with E-state index in [1.54, 1.807) is 0 Å². The van der Waals surface area contributed by atoms with Crippen LogP contribution in [0.4, 0.5) is 0 Å². The van der Waals surface area contributed by atoms with Crippen LogP contribution in [0, 0.1) is 0 Å². The van der Waals surface area contributed by atoms with Crippen LogP contribution in [0.2, 0.25) is 0 Å². The zero-order valence-corrected chi connectivity index (χ0v) is 28.2. The van der Waals surface area contributed by atoms with Crippen molar-refractivity contribution < 1.29 is 103 Å². The number of ether oxygens (including phenoxy) is 6. The molecular weight excluding hydrogens is 726 g/mol. The lowest BCUT2D eigenvalue weighted by Gasteiger charge is -2.48. The van der Waals surface area contributed by atoms with E-state index in [1.165, 1.54) is 0 Å².